The smallest absolute Gasteiger partial charge is 0.223 e. The van der Waals surface area contributed by atoms with Gasteiger partial charge in [-0.1, -0.05) is 35.9 Å². The zero-order valence-electron chi connectivity index (χ0n) is 19.0. The molecule has 1 amide bonds. The molecule has 31 heavy (non-hydrogen) atoms. The predicted octanol–water partition coefficient (Wildman–Crippen LogP) is 3.43. The zero-order chi connectivity index (χ0) is 22.4. The number of phenols is 1. The lowest BCUT2D eigenvalue weighted by molar-refractivity contribution is -0.127. The first-order valence-corrected chi connectivity index (χ1v) is 11.2. The number of carbonyl (C=O) groups excluding carboxylic acids is 1. The molecule has 1 saturated heterocycles. The number of aliphatic hydroxyl groups is 1. The number of benzene rings is 2. The number of hydrogen-bond acceptors (Lipinski definition) is 4. The molecule has 0 radical (unpaired) electrons. The first-order chi connectivity index (χ1) is 14.7. The predicted molar refractivity (Wildman–Crippen MR) is 122 cm³/mol. The van der Waals surface area contributed by atoms with Gasteiger partial charge < -0.3 is 20.4 Å². The highest BCUT2D eigenvalue weighted by atomic mass is 16.3. The molecule has 5 heteroatoms. The second kappa shape index (κ2) is 7.95. The Morgan fingerprint density at radius 3 is 2.58 bits per heavy atom. The van der Waals surface area contributed by atoms with Crippen molar-refractivity contribution in [3.8, 4) is 5.75 Å². The molecule has 1 aliphatic heterocycles. The Morgan fingerprint density at radius 2 is 1.87 bits per heavy atom. The highest BCUT2D eigenvalue weighted by Gasteiger charge is 2.64. The molecule has 2 aromatic carbocycles. The number of phenolic OH excluding ortho intramolecular Hbond substituents is 1. The van der Waals surface area contributed by atoms with Crippen molar-refractivity contribution < 1.29 is 15.0 Å². The van der Waals surface area contributed by atoms with E-state index in [2.05, 4.69) is 17.1 Å². The van der Waals surface area contributed by atoms with Gasteiger partial charge in [-0.3, -0.25) is 4.79 Å². The maximum absolute atomic E-state index is 13.2. The van der Waals surface area contributed by atoms with E-state index in [9.17, 15) is 15.0 Å². The third-order valence-electron chi connectivity index (χ3n) is 7.92. The lowest BCUT2D eigenvalue weighted by Crippen LogP contribution is -2.64. The molecule has 4 atom stereocenters. The van der Waals surface area contributed by atoms with Gasteiger partial charge in [-0.15, -0.1) is 0 Å². The quantitative estimate of drug-likeness (QED) is 0.706. The van der Waals surface area contributed by atoms with Gasteiger partial charge in [-0.25, -0.2) is 0 Å². The van der Waals surface area contributed by atoms with Crippen LogP contribution in [-0.4, -0.2) is 46.3 Å². The molecule has 1 heterocycles. The summed E-state index contributed by atoms with van der Waals surface area (Å²) in [6, 6.07) is 13.5. The SMILES string of the molecule is Cc1ccc(CNC(=O)C2C[C@@]3(c4cc(O)ccc4C)CCN(C)C(C)[C@]3(O)C2)cc1. The number of likely N-dealkylation sites (N-methyl/N-ethyl adjacent to an activating group) is 1. The first-order valence-electron chi connectivity index (χ1n) is 11.2. The molecule has 2 fully saturated rings. The van der Waals surface area contributed by atoms with Crippen LogP contribution in [0.1, 0.15) is 48.4 Å². The number of rotatable bonds is 4. The lowest BCUT2D eigenvalue weighted by Gasteiger charge is -2.54. The van der Waals surface area contributed by atoms with Gasteiger partial charge in [-0.05, 0) is 82.4 Å². The van der Waals surface area contributed by atoms with Crippen molar-refractivity contribution in [1.82, 2.24) is 10.2 Å². The van der Waals surface area contributed by atoms with Crippen molar-refractivity contribution >= 4 is 5.91 Å². The van der Waals surface area contributed by atoms with Gasteiger partial charge in [-0.2, -0.15) is 0 Å². The van der Waals surface area contributed by atoms with Crippen molar-refractivity contribution in [2.75, 3.05) is 13.6 Å². The molecular weight excluding hydrogens is 388 g/mol. The molecule has 0 spiro atoms. The zero-order valence-corrected chi connectivity index (χ0v) is 19.0. The van der Waals surface area contributed by atoms with Crippen LogP contribution < -0.4 is 5.32 Å². The van der Waals surface area contributed by atoms with E-state index >= 15 is 0 Å². The molecule has 0 bridgehead atoms. The standard InChI is InChI=1S/C26H34N2O3/c1-17-5-8-20(9-6-17)16-27-24(30)21-14-25(23-13-22(29)10-7-18(23)2)11-12-28(4)19(3)26(25,31)15-21/h5-10,13,19,21,29,31H,11-12,14-16H2,1-4H3,(H,27,30)/t19?,21?,25-,26-/m1/s1. The van der Waals surface area contributed by atoms with Gasteiger partial charge in [0.25, 0.3) is 0 Å². The van der Waals surface area contributed by atoms with Crippen molar-refractivity contribution in [3.05, 3.63) is 64.7 Å². The molecule has 166 valence electrons. The molecule has 1 saturated carbocycles. The van der Waals surface area contributed by atoms with E-state index in [0.717, 1.165) is 29.7 Å². The van der Waals surface area contributed by atoms with Crippen LogP contribution in [0, 0.1) is 19.8 Å². The van der Waals surface area contributed by atoms with Crippen molar-refractivity contribution in [2.24, 2.45) is 5.92 Å². The van der Waals surface area contributed by atoms with Gasteiger partial charge >= 0.3 is 0 Å². The second-order valence-electron chi connectivity index (χ2n) is 9.72. The van der Waals surface area contributed by atoms with E-state index in [4.69, 9.17) is 0 Å². The molecule has 2 aromatic rings. The highest BCUT2D eigenvalue weighted by molar-refractivity contribution is 5.80. The summed E-state index contributed by atoms with van der Waals surface area (Å²) in [6.07, 6.45) is 1.77. The number of aryl methyl sites for hydroxylation is 2. The van der Waals surface area contributed by atoms with Gasteiger partial charge in [0.2, 0.25) is 5.91 Å². The summed E-state index contributed by atoms with van der Waals surface area (Å²) in [6.45, 7) is 7.46. The largest absolute Gasteiger partial charge is 0.508 e. The van der Waals surface area contributed by atoms with E-state index < -0.39 is 11.0 Å². The lowest BCUT2D eigenvalue weighted by atomic mass is 9.61. The minimum Gasteiger partial charge on any atom is -0.508 e. The fourth-order valence-corrected chi connectivity index (χ4v) is 5.88. The molecule has 2 aliphatic rings. The van der Waals surface area contributed by atoms with Crippen LogP contribution in [0.15, 0.2) is 42.5 Å². The third kappa shape index (κ3) is 3.64. The van der Waals surface area contributed by atoms with Crippen LogP contribution in [0.2, 0.25) is 0 Å². The summed E-state index contributed by atoms with van der Waals surface area (Å²) in [5, 5.41) is 25.4. The summed E-state index contributed by atoms with van der Waals surface area (Å²) in [5.74, 6) is -0.0715. The van der Waals surface area contributed by atoms with Crippen molar-refractivity contribution in [3.63, 3.8) is 0 Å². The Kier molecular flexibility index (Phi) is 5.61. The molecular formula is C26H34N2O3. The van der Waals surface area contributed by atoms with Gasteiger partial charge in [0.05, 0.1) is 5.60 Å². The second-order valence-corrected chi connectivity index (χ2v) is 9.72. The minimum atomic E-state index is -1.04. The molecule has 2 unspecified atom stereocenters. The van der Waals surface area contributed by atoms with Crippen molar-refractivity contribution in [2.45, 2.75) is 63.6 Å². The number of aromatic hydroxyl groups is 1. The Labute approximate surface area is 185 Å². The van der Waals surface area contributed by atoms with Gasteiger partial charge in [0.15, 0.2) is 0 Å². The minimum absolute atomic E-state index is 0.00423. The van der Waals surface area contributed by atoms with E-state index in [0.29, 0.717) is 19.4 Å². The summed E-state index contributed by atoms with van der Waals surface area (Å²) in [7, 11) is 2.03. The Hall–Kier alpha value is -2.37. The number of nitrogens with zero attached hydrogens (tertiary/aromatic N) is 1. The molecule has 0 aromatic heterocycles. The molecule has 4 rings (SSSR count). The molecule has 5 nitrogen and oxygen atoms in total. The summed E-state index contributed by atoms with van der Waals surface area (Å²) < 4.78 is 0. The van der Waals surface area contributed by atoms with Crippen LogP contribution in [0.3, 0.4) is 0 Å². The van der Waals surface area contributed by atoms with Crippen LogP contribution in [0.25, 0.3) is 0 Å². The first kappa shape index (κ1) is 21.8. The normalized spacial score (nSPS) is 30.7. The van der Waals surface area contributed by atoms with Crippen LogP contribution in [0.4, 0.5) is 0 Å². The number of piperidine rings is 1. The van der Waals surface area contributed by atoms with Crippen LogP contribution >= 0.6 is 0 Å². The fourth-order valence-electron chi connectivity index (χ4n) is 5.88. The van der Waals surface area contributed by atoms with Gasteiger partial charge in [0.1, 0.15) is 5.75 Å². The monoisotopic (exact) mass is 422 g/mol. The van der Waals surface area contributed by atoms with E-state index in [1.54, 1.807) is 12.1 Å². The Morgan fingerprint density at radius 1 is 1.16 bits per heavy atom. The average Bonchev–Trinajstić information content (AvgIpc) is 3.07. The van der Waals surface area contributed by atoms with Crippen LogP contribution in [0.5, 0.6) is 5.75 Å². The fraction of sp³-hybridized carbons (Fsp3) is 0.500. The summed E-state index contributed by atoms with van der Waals surface area (Å²) in [4.78, 5) is 15.4. The molecule has 1 aliphatic carbocycles. The topological polar surface area (TPSA) is 72.8 Å². The molecule has 3 N–H and O–H groups in total. The summed E-state index contributed by atoms with van der Waals surface area (Å²) >= 11 is 0. The maximum atomic E-state index is 13.2. The maximum Gasteiger partial charge on any atom is 0.223 e. The average molecular weight is 423 g/mol. The van der Waals surface area contributed by atoms with E-state index in [-0.39, 0.29) is 23.6 Å². The Bertz CT molecular complexity index is 973. The van der Waals surface area contributed by atoms with E-state index in [1.807, 2.05) is 51.2 Å². The summed E-state index contributed by atoms with van der Waals surface area (Å²) in [5.41, 5.74) is 2.70. The third-order valence-corrected chi connectivity index (χ3v) is 7.92. The number of hydrogen-bond donors (Lipinski definition) is 3. The van der Waals surface area contributed by atoms with Crippen LogP contribution in [-0.2, 0) is 16.8 Å². The number of likely N-dealkylation sites (tertiary alicyclic amines) is 1. The van der Waals surface area contributed by atoms with Gasteiger partial charge in [0, 0.05) is 23.9 Å². The number of nitrogens with one attached hydrogen (secondary N) is 1. The number of carbonyl (C=O) groups is 1. The Balaban J connectivity index is 1.63. The number of fused-ring (bicyclic) bond motifs is 1. The van der Waals surface area contributed by atoms with Crippen molar-refractivity contribution in [1.29, 1.82) is 0 Å². The highest BCUT2D eigenvalue weighted by Crippen LogP contribution is 2.58. The number of amides is 1. The van der Waals surface area contributed by atoms with E-state index in [1.165, 1.54) is 5.56 Å².